The quantitative estimate of drug-likeness (QED) is 0.466. The van der Waals surface area contributed by atoms with Crippen LogP contribution in [-0.2, 0) is 19.1 Å². The minimum atomic E-state index is -0.957. The third-order valence-electron chi connectivity index (χ3n) is 6.21. The number of hydrogen-bond donors (Lipinski definition) is 3. The minimum Gasteiger partial charge on any atom is -0.481 e. The van der Waals surface area contributed by atoms with E-state index < -0.39 is 30.0 Å². The van der Waals surface area contributed by atoms with Crippen LogP contribution in [0.1, 0.15) is 37.3 Å². The number of alkyl carbamates (subject to hydrolysis) is 1. The van der Waals surface area contributed by atoms with E-state index in [0.29, 0.717) is 0 Å². The van der Waals surface area contributed by atoms with Gasteiger partial charge in [0.1, 0.15) is 12.7 Å². The number of ether oxygens (including phenoxy) is 2. The number of carboxylic acids is 1. The van der Waals surface area contributed by atoms with Crippen molar-refractivity contribution in [3.8, 4) is 11.1 Å². The lowest BCUT2D eigenvalue weighted by molar-refractivity contribution is -0.143. The van der Waals surface area contributed by atoms with Crippen molar-refractivity contribution in [1.82, 2.24) is 10.6 Å². The summed E-state index contributed by atoms with van der Waals surface area (Å²) in [5, 5.41) is 14.5. The van der Waals surface area contributed by atoms with Gasteiger partial charge in [0.15, 0.2) is 0 Å². The molecule has 1 aliphatic carbocycles. The van der Waals surface area contributed by atoms with Gasteiger partial charge in [0.2, 0.25) is 5.91 Å². The summed E-state index contributed by atoms with van der Waals surface area (Å²) in [6, 6.07) is 16.2. The Labute approximate surface area is 199 Å². The Morgan fingerprint density at radius 1 is 0.971 bits per heavy atom. The fraction of sp³-hybridized carbons (Fsp3) is 0.423. The smallest absolute Gasteiger partial charge is 0.407 e. The molecule has 0 heterocycles. The molecule has 0 aliphatic heterocycles. The molecule has 182 valence electrons. The van der Waals surface area contributed by atoms with Crippen LogP contribution in [0, 0.1) is 11.8 Å². The maximum Gasteiger partial charge on any atom is 0.407 e. The molecule has 8 heteroatoms. The highest BCUT2D eigenvalue weighted by Gasteiger charge is 2.29. The average molecular weight is 469 g/mol. The van der Waals surface area contributed by atoms with Gasteiger partial charge in [0.05, 0.1) is 5.92 Å². The van der Waals surface area contributed by atoms with Crippen LogP contribution in [0.5, 0.6) is 0 Å². The van der Waals surface area contributed by atoms with Crippen LogP contribution in [0.2, 0.25) is 0 Å². The molecule has 0 saturated heterocycles. The highest BCUT2D eigenvalue weighted by Crippen LogP contribution is 2.44. The number of hydrogen-bond acceptors (Lipinski definition) is 5. The van der Waals surface area contributed by atoms with E-state index in [1.54, 1.807) is 13.8 Å². The maximum atomic E-state index is 12.4. The molecule has 2 aromatic carbocycles. The molecule has 2 aromatic rings. The topological polar surface area (TPSA) is 114 Å². The normalized spacial score (nSPS) is 14.1. The average Bonchev–Trinajstić information content (AvgIpc) is 3.14. The van der Waals surface area contributed by atoms with Gasteiger partial charge in [-0.2, -0.15) is 0 Å². The van der Waals surface area contributed by atoms with Crippen molar-refractivity contribution >= 4 is 18.0 Å². The Kier molecular flexibility index (Phi) is 8.65. The predicted molar refractivity (Wildman–Crippen MR) is 127 cm³/mol. The van der Waals surface area contributed by atoms with Crippen molar-refractivity contribution in [3.63, 3.8) is 0 Å². The Morgan fingerprint density at radius 3 is 2.09 bits per heavy atom. The van der Waals surface area contributed by atoms with Crippen LogP contribution in [0.25, 0.3) is 11.1 Å². The molecule has 8 nitrogen and oxygen atoms in total. The standard InChI is InChI=1S/C26H32N2O6/c1-16(2)21(25(30)31)14-28-24(29)23(33-3)12-13-27-26(32)34-15-22-19-10-6-4-8-17(19)18-9-5-7-11-20(18)22/h4-11,16,21-23H,12-15H2,1-3H3,(H,27,32)(H,28,29)(H,30,31). The highest BCUT2D eigenvalue weighted by atomic mass is 16.5. The monoisotopic (exact) mass is 468 g/mol. The van der Waals surface area contributed by atoms with Gasteiger partial charge in [-0.1, -0.05) is 62.4 Å². The fourth-order valence-corrected chi connectivity index (χ4v) is 4.24. The Bertz CT molecular complexity index is 976. The number of aliphatic carboxylic acids is 1. The van der Waals surface area contributed by atoms with Crippen LogP contribution < -0.4 is 10.6 Å². The van der Waals surface area contributed by atoms with Crippen molar-refractivity contribution in [3.05, 3.63) is 59.7 Å². The van der Waals surface area contributed by atoms with Crippen LogP contribution >= 0.6 is 0 Å². The van der Waals surface area contributed by atoms with Gasteiger partial charge < -0.3 is 25.2 Å². The van der Waals surface area contributed by atoms with Gasteiger partial charge in [-0.05, 0) is 28.2 Å². The zero-order valence-electron chi connectivity index (χ0n) is 19.7. The Hall–Kier alpha value is -3.39. The predicted octanol–water partition coefficient (Wildman–Crippen LogP) is 3.40. The van der Waals surface area contributed by atoms with Crippen molar-refractivity contribution in [2.45, 2.75) is 32.3 Å². The summed E-state index contributed by atoms with van der Waals surface area (Å²) in [5.41, 5.74) is 4.58. The number of benzene rings is 2. The second kappa shape index (κ2) is 11.7. The SMILES string of the molecule is COC(CCNC(=O)OCC1c2ccccc2-c2ccccc21)C(=O)NCC(C(=O)O)C(C)C. The molecule has 0 spiro atoms. The number of carboxylic acid groups (broad SMARTS) is 1. The molecular weight excluding hydrogens is 436 g/mol. The number of methoxy groups -OCH3 is 1. The summed E-state index contributed by atoms with van der Waals surface area (Å²) < 4.78 is 10.7. The van der Waals surface area contributed by atoms with Gasteiger partial charge in [0, 0.05) is 32.5 Å². The molecule has 34 heavy (non-hydrogen) atoms. The van der Waals surface area contributed by atoms with E-state index in [-0.39, 0.29) is 38.0 Å². The van der Waals surface area contributed by atoms with E-state index in [2.05, 4.69) is 34.9 Å². The third kappa shape index (κ3) is 5.94. The second-order valence-electron chi connectivity index (χ2n) is 8.70. The lowest BCUT2D eigenvalue weighted by Gasteiger charge is -2.20. The molecule has 0 aromatic heterocycles. The highest BCUT2D eigenvalue weighted by molar-refractivity contribution is 5.82. The van der Waals surface area contributed by atoms with E-state index in [1.807, 2.05) is 24.3 Å². The van der Waals surface area contributed by atoms with Crippen LogP contribution in [0.3, 0.4) is 0 Å². The summed E-state index contributed by atoms with van der Waals surface area (Å²) in [5.74, 6) is -2.20. The summed E-state index contributed by atoms with van der Waals surface area (Å²) in [6.45, 7) is 3.98. The van der Waals surface area contributed by atoms with Crippen LogP contribution in [-0.4, -0.2) is 56.0 Å². The largest absolute Gasteiger partial charge is 0.481 e. The van der Waals surface area contributed by atoms with Crippen molar-refractivity contribution in [2.75, 3.05) is 26.8 Å². The van der Waals surface area contributed by atoms with Gasteiger partial charge in [-0.25, -0.2) is 4.79 Å². The molecule has 0 saturated carbocycles. The van der Waals surface area contributed by atoms with Gasteiger partial charge >= 0.3 is 12.1 Å². The van der Waals surface area contributed by atoms with Gasteiger partial charge in [0.25, 0.3) is 0 Å². The van der Waals surface area contributed by atoms with Crippen LogP contribution in [0.15, 0.2) is 48.5 Å². The van der Waals surface area contributed by atoms with Crippen molar-refractivity contribution < 1.29 is 29.0 Å². The number of carbonyl (C=O) groups excluding carboxylic acids is 2. The number of amides is 2. The first-order valence-electron chi connectivity index (χ1n) is 11.5. The molecule has 1 aliphatic rings. The summed E-state index contributed by atoms with van der Waals surface area (Å²) in [6.07, 6.45) is -1.15. The first-order valence-corrected chi connectivity index (χ1v) is 11.5. The lowest BCUT2D eigenvalue weighted by Crippen LogP contribution is -2.42. The molecule has 3 rings (SSSR count). The number of nitrogens with one attached hydrogen (secondary N) is 2. The molecule has 2 unspecified atom stereocenters. The Morgan fingerprint density at radius 2 is 1.56 bits per heavy atom. The Balaban J connectivity index is 1.46. The maximum absolute atomic E-state index is 12.4. The second-order valence-corrected chi connectivity index (χ2v) is 8.70. The fourth-order valence-electron chi connectivity index (χ4n) is 4.24. The van der Waals surface area contributed by atoms with Gasteiger partial charge in [-0.15, -0.1) is 0 Å². The molecule has 2 amide bonds. The zero-order chi connectivity index (χ0) is 24.7. The van der Waals surface area contributed by atoms with E-state index in [9.17, 15) is 19.5 Å². The molecule has 0 bridgehead atoms. The van der Waals surface area contributed by atoms with Gasteiger partial charge in [-0.3, -0.25) is 9.59 Å². The van der Waals surface area contributed by atoms with E-state index in [0.717, 1.165) is 22.3 Å². The first-order chi connectivity index (χ1) is 16.3. The number of rotatable bonds is 11. The van der Waals surface area contributed by atoms with E-state index in [4.69, 9.17) is 9.47 Å². The molecule has 2 atom stereocenters. The molecule has 0 radical (unpaired) electrons. The van der Waals surface area contributed by atoms with Crippen LogP contribution in [0.4, 0.5) is 4.79 Å². The van der Waals surface area contributed by atoms with Crippen molar-refractivity contribution in [2.24, 2.45) is 11.8 Å². The number of fused-ring (bicyclic) bond motifs is 3. The lowest BCUT2D eigenvalue weighted by atomic mass is 9.96. The summed E-state index contributed by atoms with van der Waals surface area (Å²) >= 11 is 0. The van der Waals surface area contributed by atoms with E-state index >= 15 is 0 Å². The zero-order valence-corrected chi connectivity index (χ0v) is 19.7. The number of carbonyl (C=O) groups is 3. The van der Waals surface area contributed by atoms with E-state index in [1.165, 1.54) is 7.11 Å². The summed E-state index contributed by atoms with van der Waals surface area (Å²) in [7, 11) is 1.40. The summed E-state index contributed by atoms with van der Waals surface area (Å²) in [4.78, 5) is 35.9. The molecule has 0 fully saturated rings. The van der Waals surface area contributed by atoms with Crippen molar-refractivity contribution in [1.29, 1.82) is 0 Å². The molecule has 3 N–H and O–H groups in total. The minimum absolute atomic E-state index is 0.0193. The molecular formula is C26H32N2O6. The third-order valence-corrected chi connectivity index (χ3v) is 6.21. The first kappa shape index (κ1) is 25.2.